The van der Waals surface area contributed by atoms with Gasteiger partial charge in [0.05, 0.1) is 17.1 Å². The van der Waals surface area contributed by atoms with E-state index in [1.54, 1.807) is 15.7 Å². The van der Waals surface area contributed by atoms with Crippen LogP contribution in [0.25, 0.3) is 0 Å². The second-order valence-electron chi connectivity index (χ2n) is 14.5. The van der Waals surface area contributed by atoms with Crippen LogP contribution >= 0.6 is 12.4 Å². The lowest BCUT2D eigenvalue weighted by molar-refractivity contribution is -0.275. The van der Waals surface area contributed by atoms with Gasteiger partial charge in [-0.2, -0.15) is 0 Å². The predicted octanol–water partition coefficient (Wildman–Crippen LogP) is 5.80. The number of hydrogen-bond donors (Lipinski definition) is 1. The van der Waals surface area contributed by atoms with Crippen LogP contribution in [0, 0.1) is 0 Å². The molecule has 4 saturated heterocycles. The number of ether oxygens (including phenoxy) is 5. The molecule has 0 unspecified atom stereocenters. The van der Waals surface area contributed by atoms with E-state index in [2.05, 4.69) is 19.7 Å². The highest BCUT2D eigenvalue weighted by molar-refractivity contribution is 7.90. The van der Waals surface area contributed by atoms with E-state index in [0.717, 1.165) is 32.7 Å². The van der Waals surface area contributed by atoms with Crippen LogP contribution in [0.15, 0.2) is 48.5 Å². The highest BCUT2D eigenvalue weighted by Crippen LogP contribution is 2.30. The largest absolute Gasteiger partial charge is 0.573 e. The molecule has 0 atom stereocenters. The highest BCUT2D eigenvalue weighted by Gasteiger charge is 2.38. The van der Waals surface area contributed by atoms with Crippen molar-refractivity contribution in [1.82, 2.24) is 18.8 Å². The first-order chi connectivity index (χ1) is 27.4. The Balaban J connectivity index is 0.000000259. The summed E-state index contributed by atoms with van der Waals surface area (Å²) in [5.41, 5.74) is 0. The molecule has 0 saturated carbocycles. The van der Waals surface area contributed by atoms with E-state index in [9.17, 15) is 43.2 Å². The van der Waals surface area contributed by atoms with Gasteiger partial charge < -0.3 is 33.9 Å². The van der Waals surface area contributed by atoms with E-state index in [-0.39, 0.29) is 46.6 Å². The number of piperidine rings is 4. The molecular weight excluding hydrogens is 858 g/mol. The number of nitrogens with one attached hydrogen (secondary N) is 1. The number of hydrogen-bond acceptors (Lipinski definition) is 11. The Bertz CT molecular complexity index is 1770. The zero-order chi connectivity index (χ0) is 42.0. The summed E-state index contributed by atoms with van der Waals surface area (Å²) in [5, 5.41) is 2.49. The van der Waals surface area contributed by atoms with Gasteiger partial charge in [0.15, 0.2) is 0 Å². The lowest BCUT2D eigenvalue weighted by atomic mass is 10.1. The van der Waals surface area contributed by atoms with Crippen LogP contribution in [0.1, 0.15) is 51.4 Å². The number of rotatable bonds is 13. The van der Waals surface area contributed by atoms with Crippen molar-refractivity contribution < 1.29 is 66.9 Å². The minimum absolute atomic E-state index is 0. The third-order valence-electron chi connectivity index (χ3n) is 10.5. The molecule has 4 fully saturated rings. The van der Waals surface area contributed by atoms with E-state index >= 15 is 0 Å². The van der Waals surface area contributed by atoms with E-state index in [1.165, 1.54) is 48.5 Å². The van der Waals surface area contributed by atoms with Crippen LogP contribution in [-0.4, -0.2) is 138 Å². The maximum absolute atomic E-state index is 13.0. The quantitative estimate of drug-likeness (QED) is 0.245. The van der Waals surface area contributed by atoms with Crippen molar-refractivity contribution >= 4 is 32.5 Å². The van der Waals surface area contributed by atoms with Crippen LogP contribution in [0.2, 0.25) is 0 Å². The molecule has 1 N–H and O–H groups in total. The summed E-state index contributed by atoms with van der Waals surface area (Å²) in [6, 6.07) is 10.4. The van der Waals surface area contributed by atoms with Gasteiger partial charge in [0, 0.05) is 39.8 Å². The monoisotopic (exact) mass is 910 g/mol. The molecule has 6 rings (SSSR count). The number of halogens is 7. The molecule has 0 amide bonds. The third-order valence-corrected chi connectivity index (χ3v) is 15.3. The first kappa shape index (κ1) is 48.9. The Hall–Kier alpha value is -2.79. The number of methoxy groups -OCH3 is 1. The molecule has 0 radical (unpaired) electrons. The fraction of sp³-hybridized carbons (Fsp3) is 0.676. The normalized spacial score (nSPS) is 20.5. The van der Waals surface area contributed by atoms with Gasteiger partial charge in [-0.05, 0) is 126 Å². The highest BCUT2D eigenvalue weighted by atomic mass is 35.5. The molecule has 22 heteroatoms. The first-order valence-corrected chi connectivity index (χ1v) is 22.4. The Morgan fingerprint density at radius 3 is 1.29 bits per heavy atom. The van der Waals surface area contributed by atoms with Crippen molar-refractivity contribution in [3.8, 4) is 23.0 Å². The second-order valence-corrected chi connectivity index (χ2v) is 19.0. The smallest absolute Gasteiger partial charge is 0.490 e. The minimum atomic E-state index is -4.73. The van der Waals surface area contributed by atoms with Gasteiger partial charge in [-0.3, -0.25) is 0 Å². The van der Waals surface area contributed by atoms with Crippen molar-refractivity contribution in [3.63, 3.8) is 0 Å². The molecule has 4 heterocycles. The number of alkyl halides is 6. The third kappa shape index (κ3) is 15.3. The van der Waals surface area contributed by atoms with Gasteiger partial charge in [0.2, 0.25) is 20.0 Å². The second kappa shape index (κ2) is 21.8. The Labute approximate surface area is 348 Å². The van der Waals surface area contributed by atoms with Crippen molar-refractivity contribution in [1.29, 1.82) is 0 Å². The van der Waals surface area contributed by atoms with Gasteiger partial charge in [-0.15, -0.1) is 38.7 Å². The summed E-state index contributed by atoms with van der Waals surface area (Å²) < 4.78 is 152. The predicted molar refractivity (Wildman–Crippen MR) is 209 cm³/mol. The van der Waals surface area contributed by atoms with E-state index in [0.29, 0.717) is 95.7 Å². The summed E-state index contributed by atoms with van der Waals surface area (Å²) in [6.45, 7) is 5.95. The van der Waals surface area contributed by atoms with Crippen LogP contribution in [0.4, 0.5) is 26.3 Å². The summed E-state index contributed by atoms with van der Waals surface area (Å²) >= 11 is 0. The van der Waals surface area contributed by atoms with Crippen molar-refractivity contribution in [2.75, 3.05) is 72.6 Å². The molecule has 336 valence electrons. The lowest BCUT2D eigenvalue weighted by Crippen LogP contribution is -2.49. The minimum Gasteiger partial charge on any atom is -0.490 e. The van der Waals surface area contributed by atoms with Crippen LogP contribution in [-0.2, 0) is 24.8 Å². The zero-order valence-corrected chi connectivity index (χ0v) is 35.1. The molecule has 2 aromatic carbocycles. The number of sulfonamides is 2. The topological polar surface area (TPSA) is 136 Å². The zero-order valence-electron chi connectivity index (χ0n) is 32.7. The molecule has 2 aromatic rings. The maximum Gasteiger partial charge on any atom is 0.573 e. The summed E-state index contributed by atoms with van der Waals surface area (Å²) in [4.78, 5) is 2.22. The van der Waals surface area contributed by atoms with Gasteiger partial charge >= 0.3 is 12.7 Å². The molecule has 0 spiro atoms. The van der Waals surface area contributed by atoms with E-state index in [1.807, 2.05) is 0 Å². The van der Waals surface area contributed by atoms with Gasteiger partial charge in [0.25, 0.3) is 0 Å². The summed E-state index contributed by atoms with van der Waals surface area (Å²) in [7, 11) is -4.99. The molecule has 59 heavy (non-hydrogen) atoms. The summed E-state index contributed by atoms with van der Waals surface area (Å²) in [5.74, 6) is 0.246. The lowest BCUT2D eigenvalue weighted by Gasteiger charge is -2.37. The number of likely N-dealkylation sites (tertiary alicyclic amines) is 1. The van der Waals surface area contributed by atoms with Crippen molar-refractivity contribution in [2.45, 2.75) is 86.8 Å². The van der Waals surface area contributed by atoms with Gasteiger partial charge in [-0.25, -0.2) is 25.4 Å². The van der Waals surface area contributed by atoms with Crippen LogP contribution in [0.5, 0.6) is 23.0 Å². The standard InChI is InChI=1S/C20H29F3N2O5S.C17H23F3N2O4S.ClH/c1-28-15-14-24-10-8-19(9-11-24)31(26,27)25-12-6-17(7-13-25)29-16-2-4-18(5-3-16)30-20(21,22)23;18-17(19,20)26-15-3-1-13(2-4-15)25-14-7-11-22(12-8-14)27(23,24)16-5-9-21-10-6-16;/h2-5,17,19H,6-15H2,1H3;1-4,14,16,21H,5-12H2;1H. The molecule has 4 aliphatic heterocycles. The number of nitrogens with zero attached hydrogens (tertiary/aromatic N) is 3. The fourth-order valence-corrected chi connectivity index (χ4v) is 11.3. The summed E-state index contributed by atoms with van der Waals surface area (Å²) in [6.07, 6.45) is -5.15. The molecule has 13 nitrogen and oxygen atoms in total. The van der Waals surface area contributed by atoms with Crippen molar-refractivity contribution in [2.24, 2.45) is 0 Å². The SMILES string of the molecule is COCCN1CCC(S(=O)(=O)N2CCC(Oc3ccc(OC(F)(F)F)cc3)CC2)CC1.Cl.O=S(=O)(C1CCNCC1)N1CCC(Oc2ccc(OC(F)(F)F)cc2)CC1. The van der Waals surface area contributed by atoms with Gasteiger partial charge in [-0.1, -0.05) is 0 Å². The van der Waals surface area contributed by atoms with Crippen LogP contribution < -0.4 is 24.3 Å². The fourth-order valence-electron chi connectivity index (χ4n) is 7.40. The average molecular weight is 911 g/mol. The molecule has 0 aromatic heterocycles. The van der Waals surface area contributed by atoms with E-state index in [4.69, 9.17) is 14.2 Å². The maximum atomic E-state index is 13.0. The Morgan fingerprint density at radius 2 is 0.932 bits per heavy atom. The molecular formula is C37H53ClF6N4O9S2. The Morgan fingerprint density at radius 1 is 0.576 bits per heavy atom. The van der Waals surface area contributed by atoms with E-state index < -0.39 is 32.8 Å². The average Bonchev–Trinajstić information content (AvgIpc) is 3.19. The number of benzene rings is 2. The van der Waals surface area contributed by atoms with Crippen LogP contribution in [0.3, 0.4) is 0 Å². The van der Waals surface area contributed by atoms with Gasteiger partial charge in [0.1, 0.15) is 35.2 Å². The molecule has 0 bridgehead atoms. The Kier molecular flexibility index (Phi) is 18.1. The molecule has 4 aliphatic rings. The molecule has 0 aliphatic carbocycles. The van der Waals surface area contributed by atoms with Crippen molar-refractivity contribution in [3.05, 3.63) is 48.5 Å². The first-order valence-electron chi connectivity index (χ1n) is 19.4.